The molecule has 1 aliphatic heterocycles. The molecular weight excluding hydrogens is 260 g/mol. The van der Waals surface area contributed by atoms with Gasteiger partial charge >= 0.3 is 0 Å². The second-order valence-electron chi connectivity index (χ2n) is 7.24. The Morgan fingerprint density at radius 2 is 2.14 bits per heavy atom. The molecule has 1 saturated carbocycles. The van der Waals surface area contributed by atoms with Crippen LogP contribution in [0.4, 0.5) is 0 Å². The smallest absolute Gasteiger partial charge is 0.115 e. The minimum Gasteiger partial charge on any atom is -0.508 e. The van der Waals surface area contributed by atoms with Crippen LogP contribution in [0.3, 0.4) is 0 Å². The van der Waals surface area contributed by atoms with E-state index in [1.165, 1.54) is 24.8 Å². The third-order valence-corrected chi connectivity index (χ3v) is 4.76. The van der Waals surface area contributed by atoms with E-state index in [4.69, 9.17) is 0 Å². The van der Waals surface area contributed by atoms with Gasteiger partial charge in [-0.05, 0) is 48.8 Å². The summed E-state index contributed by atoms with van der Waals surface area (Å²) in [6.45, 7) is 7.82. The zero-order chi connectivity index (χ0) is 14.8. The van der Waals surface area contributed by atoms with Crippen molar-refractivity contribution in [2.45, 2.75) is 51.7 Å². The molecule has 1 aliphatic carbocycles. The molecule has 3 rings (SSSR count). The number of piperazine rings is 1. The fourth-order valence-corrected chi connectivity index (χ4v) is 3.64. The Morgan fingerprint density at radius 3 is 2.81 bits per heavy atom. The predicted molar refractivity (Wildman–Crippen MR) is 86.3 cm³/mol. The monoisotopic (exact) mass is 288 g/mol. The largest absolute Gasteiger partial charge is 0.508 e. The summed E-state index contributed by atoms with van der Waals surface area (Å²) in [6.07, 6.45) is 4.02. The molecular formula is C18H28N2O. The highest BCUT2D eigenvalue weighted by Crippen LogP contribution is 2.37. The molecule has 1 heterocycles. The highest BCUT2D eigenvalue weighted by atomic mass is 16.3. The van der Waals surface area contributed by atoms with Crippen molar-refractivity contribution < 1.29 is 5.11 Å². The number of rotatable bonds is 5. The van der Waals surface area contributed by atoms with Crippen molar-refractivity contribution in [2.24, 2.45) is 11.8 Å². The molecule has 21 heavy (non-hydrogen) atoms. The van der Waals surface area contributed by atoms with E-state index < -0.39 is 0 Å². The van der Waals surface area contributed by atoms with Gasteiger partial charge in [-0.1, -0.05) is 26.0 Å². The standard InChI is InChI=1S/C18H28N2O/c1-13(2)8-16-12-20(18(10-19-16)15-6-7-15)11-14-4-3-5-17(21)9-14/h3-5,9,13,15-16,18-19,21H,6-8,10-12H2,1-2H3. The minimum absolute atomic E-state index is 0.379. The number of benzene rings is 1. The lowest BCUT2D eigenvalue weighted by Crippen LogP contribution is -2.57. The Bertz CT molecular complexity index is 470. The normalized spacial score (nSPS) is 27.2. The molecule has 2 aliphatic rings. The summed E-state index contributed by atoms with van der Waals surface area (Å²) in [4.78, 5) is 2.65. The summed E-state index contributed by atoms with van der Waals surface area (Å²) < 4.78 is 0. The molecule has 2 fully saturated rings. The zero-order valence-corrected chi connectivity index (χ0v) is 13.3. The van der Waals surface area contributed by atoms with Crippen molar-refractivity contribution in [1.82, 2.24) is 10.2 Å². The predicted octanol–water partition coefficient (Wildman–Crippen LogP) is 2.99. The summed E-state index contributed by atoms with van der Waals surface area (Å²) in [5.74, 6) is 2.00. The number of phenols is 1. The average molecular weight is 288 g/mol. The molecule has 0 aromatic heterocycles. The molecule has 0 bridgehead atoms. The van der Waals surface area contributed by atoms with Gasteiger partial charge in [-0.25, -0.2) is 0 Å². The SMILES string of the molecule is CC(C)CC1CN(Cc2cccc(O)c2)C(C2CC2)CN1. The van der Waals surface area contributed by atoms with Crippen LogP contribution in [-0.2, 0) is 6.54 Å². The van der Waals surface area contributed by atoms with E-state index in [2.05, 4.69) is 30.1 Å². The van der Waals surface area contributed by atoms with E-state index in [0.29, 0.717) is 17.8 Å². The highest BCUT2D eigenvalue weighted by Gasteiger charge is 2.38. The Labute approximate surface area is 128 Å². The molecule has 0 radical (unpaired) electrons. The van der Waals surface area contributed by atoms with Gasteiger partial charge in [-0.2, -0.15) is 0 Å². The number of hydrogen-bond acceptors (Lipinski definition) is 3. The van der Waals surface area contributed by atoms with Crippen LogP contribution >= 0.6 is 0 Å². The third-order valence-electron chi connectivity index (χ3n) is 4.76. The summed E-state index contributed by atoms with van der Waals surface area (Å²) in [5.41, 5.74) is 1.23. The summed E-state index contributed by atoms with van der Waals surface area (Å²) in [5, 5.41) is 13.4. The first kappa shape index (κ1) is 14.9. The fourth-order valence-electron chi connectivity index (χ4n) is 3.64. The first-order chi connectivity index (χ1) is 10.1. The molecule has 3 nitrogen and oxygen atoms in total. The van der Waals surface area contributed by atoms with Crippen LogP contribution in [0.5, 0.6) is 5.75 Å². The maximum atomic E-state index is 9.67. The maximum absolute atomic E-state index is 9.67. The highest BCUT2D eigenvalue weighted by molar-refractivity contribution is 5.27. The van der Waals surface area contributed by atoms with Gasteiger partial charge in [0.05, 0.1) is 0 Å². The van der Waals surface area contributed by atoms with Gasteiger partial charge in [0, 0.05) is 31.7 Å². The van der Waals surface area contributed by atoms with E-state index in [9.17, 15) is 5.11 Å². The number of nitrogens with one attached hydrogen (secondary N) is 1. The van der Waals surface area contributed by atoms with Gasteiger partial charge in [0.25, 0.3) is 0 Å². The lowest BCUT2D eigenvalue weighted by atomic mass is 9.97. The number of aromatic hydroxyl groups is 1. The molecule has 1 aromatic rings. The fraction of sp³-hybridized carbons (Fsp3) is 0.667. The van der Waals surface area contributed by atoms with Crippen molar-refractivity contribution in [1.29, 1.82) is 0 Å². The third kappa shape index (κ3) is 3.98. The summed E-state index contributed by atoms with van der Waals surface area (Å²) >= 11 is 0. The van der Waals surface area contributed by atoms with Crippen molar-refractivity contribution >= 4 is 0 Å². The number of phenolic OH excluding ortho intramolecular Hbond substituents is 1. The Hall–Kier alpha value is -1.06. The molecule has 2 atom stereocenters. The molecule has 3 heteroatoms. The van der Waals surface area contributed by atoms with Crippen molar-refractivity contribution in [2.75, 3.05) is 13.1 Å². The maximum Gasteiger partial charge on any atom is 0.115 e. The Balaban J connectivity index is 1.68. The van der Waals surface area contributed by atoms with E-state index in [1.54, 1.807) is 6.07 Å². The van der Waals surface area contributed by atoms with Crippen LogP contribution in [0.2, 0.25) is 0 Å². The van der Waals surface area contributed by atoms with Gasteiger partial charge in [0.2, 0.25) is 0 Å². The molecule has 1 aromatic carbocycles. The number of nitrogens with zero attached hydrogens (tertiary/aromatic N) is 1. The van der Waals surface area contributed by atoms with Crippen LogP contribution in [0, 0.1) is 11.8 Å². The Kier molecular flexibility index (Phi) is 4.51. The van der Waals surface area contributed by atoms with E-state index in [0.717, 1.165) is 31.5 Å². The molecule has 116 valence electrons. The minimum atomic E-state index is 0.379. The van der Waals surface area contributed by atoms with Crippen LogP contribution in [0.25, 0.3) is 0 Å². The van der Waals surface area contributed by atoms with Gasteiger partial charge in [0.15, 0.2) is 0 Å². The second-order valence-corrected chi connectivity index (χ2v) is 7.24. The molecule has 2 unspecified atom stereocenters. The first-order valence-electron chi connectivity index (χ1n) is 8.37. The van der Waals surface area contributed by atoms with E-state index >= 15 is 0 Å². The summed E-state index contributed by atoms with van der Waals surface area (Å²) in [7, 11) is 0. The average Bonchev–Trinajstić information content (AvgIpc) is 3.22. The van der Waals surface area contributed by atoms with Gasteiger partial charge < -0.3 is 10.4 Å². The Morgan fingerprint density at radius 1 is 1.33 bits per heavy atom. The summed E-state index contributed by atoms with van der Waals surface area (Å²) in [6, 6.07) is 9.02. The van der Waals surface area contributed by atoms with Crippen molar-refractivity contribution in [3.63, 3.8) is 0 Å². The van der Waals surface area contributed by atoms with Gasteiger partial charge in [-0.15, -0.1) is 0 Å². The van der Waals surface area contributed by atoms with Gasteiger partial charge in [-0.3, -0.25) is 4.90 Å². The van der Waals surface area contributed by atoms with Crippen LogP contribution < -0.4 is 5.32 Å². The van der Waals surface area contributed by atoms with E-state index in [1.807, 2.05) is 12.1 Å². The quantitative estimate of drug-likeness (QED) is 0.874. The first-order valence-corrected chi connectivity index (χ1v) is 8.37. The van der Waals surface area contributed by atoms with Crippen molar-refractivity contribution in [3.05, 3.63) is 29.8 Å². The molecule has 0 spiro atoms. The molecule has 0 amide bonds. The van der Waals surface area contributed by atoms with Crippen LogP contribution in [0.1, 0.15) is 38.7 Å². The number of hydrogen-bond donors (Lipinski definition) is 2. The molecule has 1 saturated heterocycles. The van der Waals surface area contributed by atoms with Crippen molar-refractivity contribution in [3.8, 4) is 5.75 Å². The van der Waals surface area contributed by atoms with Crippen LogP contribution in [0.15, 0.2) is 24.3 Å². The lowest BCUT2D eigenvalue weighted by molar-refractivity contribution is 0.100. The second kappa shape index (κ2) is 6.37. The zero-order valence-electron chi connectivity index (χ0n) is 13.3. The van der Waals surface area contributed by atoms with Gasteiger partial charge in [0.1, 0.15) is 5.75 Å². The molecule has 2 N–H and O–H groups in total. The van der Waals surface area contributed by atoms with Crippen LogP contribution in [-0.4, -0.2) is 35.2 Å². The topological polar surface area (TPSA) is 35.5 Å². The van der Waals surface area contributed by atoms with E-state index in [-0.39, 0.29) is 0 Å². The lowest BCUT2D eigenvalue weighted by Gasteiger charge is -2.41.